The summed E-state index contributed by atoms with van der Waals surface area (Å²) < 4.78 is 0. The SMILES string of the molecule is Cl.NC(=O)CC1CCN(C(=O)C2CCCNC2)CC1. The summed E-state index contributed by atoms with van der Waals surface area (Å²) in [5.74, 6) is 0.596. The average molecular weight is 290 g/mol. The van der Waals surface area contributed by atoms with Gasteiger partial charge in [0.05, 0.1) is 5.92 Å². The zero-order valence-corrected chi connectivity index (χ0v) is 12.1. The van der Waals surface area contributed by atoms with Crippen LogP contribution < -0.4 is 11.1 Å². The lowest BCUT2D eigenvalue weighted by atomic mass is 9.91. The fraction of sp³-hybridized carbons (Fsp3) is 0.846. The Labute approximate surface area is 120 Å². The molecule has 0 spiro atoms. The van der Waals surface area contributed by atoms with Crippen LogP contribution in [-0.4, -0.2) is 42.9 Å². The highest BCUT2D eigenvalue weighted by atomic mass is 35.5. The Morgan fingerprint density at radius 3 is 2.42 bits per heavy atom. The number of carbonyl (C=O) groups is 2. The molecule has 3 N–H and O–H groups in total. The molecule has 2 heterocycles. The van der Waals surface area contributed by atoms with E-state index in [0.29, 0.717) is 18.2 Å². The van der Waals surface area contributed by atoms with Crippen molar-refractivity contribution < 1.29 is 9.59 Å². The van der Waals surface area contributed by atoms with Crippen molar-refractivity contribution in [1.82, 2.24) is 10.2 Å². The first-order valence-electron chi connectivity index (χ1n) is 6.94. The molecular weight excluding hydrogens is 266 g/mol. The third kappa shape index (κ3) is 4.66. The summed E-state index contributed by atoms with van der Waals surface area (Å²) in [4.78, 5) is 25.1. The fourth-order valence-electron chi connectivity index (χ4n) is 2.96. The van der Waals surface area contributed by atoms with Crippen molar-refractivity contribution in [1.29, 1.82) is 0 Å². The van der Waals surface area contributed by atoms with E-state index in [0.717, 1.165) is 51.9 Å². The largest absolute Gasteiger partial charge is 0.370 e. The lowest BCUT2D eigenvalue weighted by Crippen LogP contribution is -2.46. The molecule has 19 heavy (non-hydrogen) atoms. The Morgan fingerprint density at radius 2 is 1.89 bits per heavy atom. The maximum atomic E-state index is 12.3. The number of hydrogen-bond donors (Lipinski definition) is 2. The molecule has 0 bridgehead atoms. The van der Waals surface area contributed by atoms with Gasteiger partial charge < -0.3 is 16.0 Å². The van der Waals surface area contributed by atoms with Crippen LogP contribution in [0.1, 0.15) is 32.1 Å². The molecule has 2 fully saturated rings. The van der Waals surface area contributed by atoms with Gasteiger partial charge in [-0.25, -0.2) is 0 Å². The normalized spacial score (nSPS) is 24.6. The maximum Gasteiger partial charge on any atom is 0.226 e. The fourth-order valence-corrected chi connectivity index (χ4v) is 2.96. The zero-order valence-electron chi connectivity index (χ0n) is 11.3. The van der Waals surface area contributed by atoms with Crippen LogP contribution in [0.25, 0.3) is 0 Å². The highest BCUT2D eigenvalue weighted by molar-refractivity contribution is 5.85. The Balaban J connectivity index is 0.00000180. The highest BCUT2D eigenvalue weighted by Gasteiger charge is 2.29. The number of piperidine rings is 2. The summed E-state index contributed by atoms with van der Waals surface area (Å²) >= 11 is 0. The molecule has 0 aliphatic carbocycles. The lowest BCUT2D eigenvalue weighted by Gasteiger charge is -2.35. The second kappa shape index (κ2) is 7.70. The van der Waals surface area contributed by atoms with Gasteiger partial charge in [-0.05, 0) is 38.1 Å². The minimum absolute atomic E-state index is 0. The number of carbonyl (C=O) groups excluding carboxylic acids is 2. The number of rotatable bonds is 3. The second-order valence-corrected chi connectivity index (χ2v) is 5.48. The predicted molar refractivity (Wildman–Crippen MR) is 76.0 cm³/mol. The minimum atomic E-state index is -0.226. The molecule has 6 heteroatoms. The summed E-state index contributed by atoms with van der Waals surface area (Å²) in [6.07, 6.45) is 4.39. The molecule has 0 aromatic carbocycles. The lowest BCUT2D eigenvalue weighted by molar-refractivity contribution is -0.137. The molecule has 0 aromatic heterocycles. The van der Waals surface area contributed by atoms with Crippen molar-refractivity contribution in [3.8, 4) is 0 Å². The van der Waals surface area contributed by atoms with Gasteiger partial charge in [-0.3, -0.25) is 9.59 Å². The summed E-state index contributed by atoms with van der Waals surface area (Å²) in [5, 5.41) is 3.28. The number of nitrogens with one attached hydrogen (secondary N) is 1. The number of nitrogens with zero attached hydrogens (tertiary/aromatic N) is 1. The molecule has 110 valence electrons. The Morgan fingerprint density at radius 1 is 1.21 bits per heavy atom. The molecule has 1 unspecified atom stereocenters. The average Bonchev–Trinajstić information content (AvgIpc) is 2.39. The molecule has 2 amide bonds. The molecule has 5 nitrogen and oxygen atoms in total. The monoisotopic (exact) mass is 289 g/mol. The minimum Gasteiger partial charge on any atom is -0.370 e. The van der Waals surface area contributed by atoms with E-state index >= 15 is 0 Å². The van der Waals surface area contributed by atoms with Crippen LogP contribution in [0.3, 0.4) is 0 Å². The van der Waals surface area contributed by atoms with E-state index in [9.17, 15) is 9.59 Å². The van der Waals surface area contributed by atoms with Crippen LogP contribution in [0, 0.1) is 11.8 Å². The molecule has 2 aliphatic heterocycles. The van der Waals surface area contributed by atoms with Crippen LogP contribution in [0.15, 0.2) is 0 Å². The van der Waals surface area contributed by atoms with Gasteiger partial charge in [0.15, 0.2) is 0 Å². The number of primary amides is 1. The maximum absolute atomic E-state index is 12.3. The number of hydrogen-bond acceptors (Lipinski definition) is 3. The quantitative estimate of drug-likeness (QED) is 0.795. The van der Waals surface area contributed by atoms with Crippen LogP contribution in [0.2, 0.25) is 0 Å². The molecule has 2 rings (SSSR count). The van der Waals surface area contributed by atoms with Crippen molar-refractivity contribution in [2.24, 2.45) is 17.6 Å². The van der Waals surface area contributed by atoms with Crippen molar-refractivity contribution in [3.63, 3.8) is 0 Å². The first kappa shape index (κ1) is 16.2. The first-order chi connectivity index (χ1) is 8.66. The van der Waals surface area contributed by atoms with E-state index in [1.807, 2.05) is 4.90 Å². The Kier molecular flexibility index (Phi) is 6.58. The molecular formula is C13H24ClN3O2. The summed E-state index contributed by atoms with van der Waals surface area (Å²) in [7, 11) is 0. The van der Waals surface area contributed by atoms with E-state index in [1.54, 1.807) is 0 Å². The number of amides is 2. The van der Waals surface area contributed by atoms with Gasteiger partial charge >= 0.3 is 0 Å². The van der Waals surface area contributed by atoms with Gasteiger partial charge in [0.1, 0.15) is 0 Å². The van der Waals surface area contributed by atoms with Crippen molar-refractivity contribution in [2.75, 3.05) is 26.2 Å². The smallest absolute Gasteiger partial charge is 0.226 e. The number of nitrogens with two attached hydrogens (primary N) is 1. The van der Waals surface area contributed by atoms with E-state index in [1.165, 1.54) is 0 Å². The van der Waals surface area contributed by atoms with Gasteiger partial charge in [-0.2, -0.15) is 0 Å². The van der Waals surface area contributed by atoms with Crippen molar-refractivity contribution in [3.05, 3.63) is 0 Å². The molecule has 1 atom stereocenters. The van der Waals surface area contributed by atoms with Crippen LogP contribution in [0.5, 0.6) is 0 Å². The molecule has 2 saturated heterocycles. The molecule has 0 aromatic rings. The number of likely N-dealkylation sites (tertiary alicyclic amines) is 1. The Hall–Kier alpha value is -0.810. The van der Waals surface area contributed by atoms with Gasteiger partial charge in [0.2, 0.25) is 11.8 Å². The van der Waals surface area contributed by atoms with Gasteiger partial charge in [0, 0.05) is 26.1 Å². The van der Waals surface area contributed by atoms with Gasteiger partial charge in [-0.15, -0.1) is 12.4 Å². The van der Waals surface area contributed by atoms with E-state index in [-0.39, 0.29) is 24.2 Å². The molecule has 0 radical (unpaired) electrons. The third-order valence-corrected chi connectivity index (χ3v) is 4.06. The van der Waals surface area contributed by atoms with Crippen LogP contribution in [-0.2, 0) is 9.59 Å². The standard InChI is InChI=1S/C13H23N3O2.ClH/c14-12(17)8-10-3-6-16(7-4-10)13(18)11-2-1-5-15-9-11;/h10-11,15H,1-9H2,(H2,14,17);1H. The van der Waals surface area contributed by atoms with Gasteiger partial charge in [0.25, 0.3) is 0 Å². The van der Waals surface area contributed by atoms with Crippen LogP contribution in [0.4, 0.5) is 0 Å². The topological polar surface area (TPSA) is 75.4 Å². The Bertz CT molecular complexity index is 311. The van der Waals surface area contributed by atoms with Crippen molar-refractivity contribution in [2.45, 2.75) is 32.1 Å². The summed E-state index contributed by atoms with van der Waals surface area (Å²) in [5.41, 5.74) is 5.21. The summed E-state index contributed by atoms with van der Waals surface area (Å²) in [6.45, 7) is 3.42. The molecule has 0 saturated carbocycles. The molecule has 2 aliphatic rings. The third-order valence-electron chi connectivity index (χ3n) is 4.06. The first-order valence-corrected chi connectivity index (χ1v) is 6.94. The predicted octanol–water partition coefficient (Wildman–Crippen LogP) is 0.522. The summed E-state index contributed by atoms with van der Waals surface area (Å²) in [6, 6.07) is 0. The van der Waals surface area contributed by atoms with E-state index < -0.39 is 0 Å². The van der Waals surface area contributed by atoms with Gasteiger partial charge in [-0.1, -0.05) is 0 Å². The van der Waals surface area contributed by atoms with E-state index in [4.69, 9.17) is 5.73 Å². The second-order valence-electron chi connectivity index (χ2n) is 5.48. The zero-order chi connectivity index (χ0) is 13.0. The number of halogens is 1. The van der Waals surface area contributed by atoms with Crippen molar-refractivity contribution >= 4 is 24.2 Å². The van der Waals surface area contributed by atoms with Crippen LogP contribution >= 0.6 is 12.4 Å². The highest BCUT2D eigenvalue weighted by Crippen LogP contribution is 2.22. The van der Waals surface area contributed by atoms with E-state index in [2.05, 4.69) is 5.32 Å².